The number of nitrogens with zero attached hydrogens (tertiary/aromatic N) is 2. The van der Waals surface area contributed by atoms with Crippen molar-refractivity contribution in [2.24, 2.45) is 5.92 Å². The van der Waals surface area contributed by atoms with Gasteiger partial charge >= 0.3 is 5.97 Å². The molecule has 116 valence electrons. The monoisotopic (exact) mass is 308 g/mol. The maximum absolute atomic E-state index is 12.5. The van der Waals surface area contributed by atoms with E-state index in [0.717, 1.165) is 0 Å². The van der Waals surface area contributed by atoms with Crippen LogP contribution >= 0.6 is 0 Å². The van der Waals surface area contributed by atoms with Gasteiger partial charge in [0, 0.05) is 26.2 Å². The van der Waals surface area contributed by atoms with Gasteiger partial charge in [0.05, 0.1) is 25.2 Å². The van der Waals surface area contributed by atoms with E-state index in [1.165, 1.54) is 8.61 Å². The molecule has 0 saturated carbocycles. The third-order valence-electron chi connectivity index (χ3n) is 3.69. The van der Waals surface area contributed by atoms with Gasteiger partial charge in [-0.2, -0.15) is 17.0 Å². The van der Waals surface area contributed by atoms with E-state index < -0.39 is 28.2 Å². The lowest BCUT2D eigenvalue weighted by molar-refractivity contribution is -0.142. The Kier molecular flexibility index (Phi) is 4.97. The fraction of sp³-hybridized carbons (Fsp3) is 0.909. The Hall–Kier alpha value is -0.740. The summed E-state index contributed by atoms with van der Waals surface area (Å²) in [5.74, 6) is -1.60. The largest absolute Gasteiger partial charge is 0.481 e. The molecule has 2 heterocycles. The van der Waals surface area contributed by atoms with Gasteiger partial charge in [-0.3, -0.25) is 4.79 Å². The molecule has 8 nitrogen and oxygen atoms in total. The molecule has 2 aliphatic rings. The molecular formula is C11H20N2O6S. The minimum Gasteiger partial charge on any atom is -0.481 e. The Bertz CT molecular complexity index is 454. The van der Waals surface area contributed by atoms with Crippen molar-refractivity contribution >= 4 is 16.2 Å². The fourth-order valence-corrected chi connectivity index (χ4v) is 4.24. The molecule has 0 aromatic rings. The number of carbonyl (C=O) groups is 1. The minimum atomic E-state index is -3.68. The molecule has 0 aromatic carbocycles. The summed E-state index contributed by atoms with van der Waals surface area (Å²) in [5.41, 5.74) is 0. The van der Waals surface area contributed by atoms with Crippen LogP contribution < -0.4 is 0 Å². The topological polar surface area (TPSA) is 107 Å². The second kappa shape index (κ2) is 6.35. The minimum absolute atomic E-state index is 0.0127. The van der Waals surface area contributed by atoms with Crippen LogP contribution in [0.3, 0.4) is 0 Å². The number of morpholine rings is 1. The number of aliphatic hydroxyl groups is 1. The maximum Gasteiger partial charge on any atom is 0.307 e. The number of hydrogen-bond donors (Lipinski definition) is 2. The highest BCUT2D eigenvalue weighted by atomic mass is 32.2. The normalized spacial score (nSPS) is 30.2. The molecule has 2 rings (SSSR count). The number of carboxylic acids is 1. The molecule has 2 N–H and O–H groups in total. The number of aliphatic carboxylic acids is 1. The number of carboxylic acid groups (broad SMARTS) is 1. The van der Waals surface area contributed by atoms with Gasteiger partial charge in [-0.1, -0.05) is 0 Å². The smallest absolute Gasteiger partial charge is 0.307 e. The first kappa shape index (κ1) is 15.6. The van der Waals surface area contributed by atoms with E-state index >= 15 is 0 Å². The van der Waals surface area contributed by atoms with E-state index in [1.54, 1.807) is 0 Å². The Morgan fingerprint density at radius 1 is 1.25 bits per heavy atom. The van der Waals surface area contributed by atoms with Crippen LogP contribution in [-0.4, -0.2) is 78.7 Å². The van der Waals surface area contributed by atoms with Crippen molar-refractivity contribution in [1.82, 2.24) is 8.61 Å². The Morgan fingerprint density at radius 2 is 1.95 bits per heavy atom. The number of aliphatic hydroxyl groups excluding tert-OH is 1. The highest BCUT2D eigenvalue weighted by molar-refractivity contribution is 7.86. The Balaban J connectivity index is 2.07. The van der Waals surface area contributed by atoms with Gasteiger partial charge in [0.1, 0.15) is 0 Å². The van der Waals surface area contributed by atoms with E-state index in [9.17, 15) is 13.2 Å². The molecule has 20 heavy (non-hydrogen) atoms. The summed E-state index contributed by atoms with van der Waals surface area (Å²) in [4.78, 5) is 11.0. The molecule has 9 heteroatoms. The molecule has 0 radical (unpaired) electrons. The summed E-state index contributed by atoms with van der Waals surface area (Å²) in [7, 11) is -3.68. The van der Waals surface area contributed by atoms with Crippen LogP contribution in [0.1, 0.15) is 12.8 Å². The first-order valence-electron chi connectivity index (χ1n) is 6.65. The van der Waals surface area contributed by atoms with E-state index in [2.05, 4.69) is 0 Å². The van der Waals surface area contributed by atoms with Crippen molar-refractivity contribution in [2.75, 3.05) is 39.4 Å². The molecule has 2 unspecified atom stereocenters. The van der Waals surface area contributed by atoms with Crippen LogP contribution in [-0.2, 0) is 19.7 Å². The SMILES string of the molecule is O=C(O)C1CCCN(S(=O)(=O)N2CCOC(CO)C2)C1. The molecule has 2 atom stereocenters. The lowest BCUT2D eigenvalue weighted by Gasteiger charge is -2.37. The summed E-state index contributed by atoms with van der Waals surface area (Å²) in [6, 6.07) is 0. The molecule has 0 amide bonds. The van der Waals surface area contributed by atoms with E-state index in [0.29, 0.717) is 19.4 Å². The van der Waals surface area contributed by atoms with Crippen LogP contribution in [0.4, 0.5) is 0 Å². The van der Waals surface area contributed by atoms with Crippen LogP contribution in [0.25, 0.3) is 0 Å². The first-order valence-corrected chi connectivity index (χ1v) is 8.05. The predicted octanol–water partition coefficient (Wildman–Crippen LogP) is -1.28. The standard InChI is InChI=1S/C11H20N2O6S/c14-8-10-7-13(4-5-19-10)20(17,18)12-3-1-2-9(6-12)11(15)16/h9-10,14H,1-8H2,(H,15,16). The number of hydrogen-bond acceptors (Lipinski definition) is 5. The maximum atomic E-state index is 12.5. The van der Waals surface area contributed by atoms with Crippen LogP contribution in [0.2, 0.25) is 0 Å². The van der Waals surface area contributed by atoms with Gasteiger partial charge in [-0.15, -0.1) is 0 Å². The quantitative estimate of drug-likeness (QED) is 0.670. The average molecular weight is 308 g/mol. The van der Waals surface area contributed by atoms with E-state index in [4.69, 9.17) is 14.9 Å². The average Bonchev–Trinajstić information content (AvgIpc) is 2.47. The summed E-state index contributed by atoms with van der Waals surface area (Å²) in [6.45, 7) is 0.691. The molecule has 0 bridgehead atoms. The zero-order valence-electron chi connectivity index (χ0n) is 11.1. The van der Waals surface area contributed by atoms with Crippen molar-refractivity contribution in [1.29, 1.82) is 0 Å². The van der Waals surface area contributed by atoms with Crippen molar-refractivity contribution in [3.05, 3.63) is 0 Å². The van der Waals surface area contributed by atoms with Gasteiger partial charge in [0.2, 0.25) is 0 Å². The number of ether oxygens (including phenoxy) is 1. The summed E-state index contributed by atoms with van der Waals surface area (Å²) in [5, 5.41) is 18.1. The summed E-state index contributed by atoms with van der Waals surface area (Å²) in [6.07, 6.45) is 0.534. The lowest BCUT2D eigenvalue weighted by atomic mass is 10.0. The first-order chi connectivity index (χ1) is 9.45. The van der Waals surface area contributed by atoms with Gasteiger partial charge < -0.3 is 14.9 Å². The molecule has 0 spiro atoms. The van der Waals surface area contributed by atoms with E-state index in [1.807, 2.05) is 0 Å². The van der Waals surface area contributed by atoms with Gasteiger partial charge in [-0.25, -0.2) is 0 Å². The predicted molar refractivity (Wildman–Crippen MR) is 69.3 cm³/mol. The van der Waals surface area contributed by atoms with Crippen molar-refractivity contribution < 1.29 is 28.2 Å². The third kappa shape index (κ3) is 3.29. The fourth-order valence-electron chi connectivity index (χ4n) is 2.53. The second-order valence-corrected chi connectivity index (χ2v) is 7.01. The van der Waals surface area contributed by atoms with Crippen LogP contribution in [0.15, 0.2) is 0 Å². The highest BCUT2D eigenvalue weighted by Crippen LogP contribution is 2.22. The van der Waals surface area contributed by atoms with Gasteiger partial charge in [-0.05, 0) is 12.8 Å². The van der Waals surface area contributed by atoms with E-state index in [-0.39, 0.29) is 32.8 Å². The van der Waals surface area contributed by atoms with Gasteiger partial charge in [0.15, 0.2) is 0 Å². The second-order valence-electron chi connectivity index (χ2n) is 5.08. The number of piperidine rings is 1. The van der Waals surface area contributed by atoms with Gasteiger partial charge in [0.25, 0.3) is 10.2 Å². The van der Waals surface area contributed by atoms with Crippen LogP contribution in [0, 0.1) is 5.92 Å². The van der Waals surface area contributed by atoms with Crippen molar-refractivity contribution in [3.8, 4) is 0 Å². The molecule has 2 aliphatic heterocycles. The number of rotatable bonds is 4. The summed E-state index contributed by atoms with van der Waals surface area (Å²) < 4.78 is 32.7. The van der Waals surface area contributed by atoms with Crippen molar-refractivity contribution in [3.63, 3.8) is 0 Å². The zero-order valence-corrected chi connectivity index (χ0v) is 12.0. The molecule has 2 saturated heterocycles. The third-order valence-corrected chi connectivity index (χ3v) is 5.66. The zero-order chi connectivity index (χ0) is 14.8. The molecule has 0 aliphatic carbocycles. The summed E-state index contributed by atoms with van der Waals surface area (Å²) >= 11 is 0. The molecule has 2 fully saturated rings. The molecular weight excluding hydrogens is 288 g/mol. The highest BCUT2D eigenvalue weighted by Gasteiger charge is 2.37. The van der Waals surface area contributed by atoms with Crippen molar-refractivity contribution in [2.45, 2.75) is 18.9 Å². The Morgan fingerprint density at radius 3 is 2.60 bits per heavy atom. The molecule has 0 aromatic heterocycles. The van der Waals surface area contributed by atoms with Crippen LogP contribution in [0.5, 0.6) is 0 Å². The lowest BCUT2D eigenvalue weighted by Crippen LogP contribution is -2.54. The Labute approximate surface area is 118 Å².